The van der Waals surface area contributed by atoms with Gasteiger partial charge in [0.05, 0.1) is 37.1 Å². The molecule has 1 fully saturated rings. The maximum Gasteiger partial charge on any atom is 0.317 e. The molecule has 1 N–H and O–H groups in total. The largest absolute Gasteiger partial charge is 0.463 e. The van der Waals surface area contributed by atoms with Crippen LogP contribution in [0.25, 0.3) is 11.0 Å². The first-order chi connectivity index (χ1) is 13.8. The first-order valence-electron chi connectivity index (χ1n) is 10.2. The van der Waals surface area contributed by atoms with Crippen molar-refractivity contribution >= 4 is 11.0 Å². The van der Waals surface area contributed by atoms with Crippen molar-refractivity contribution in [3.8, 4) is 6.01 Å². The third-order valence-corrected chi connectivity index (χ3v) is 5.13. The summed E-state index contributed by atoms with van der Waals surface area (Å²) in [6.07, 6.45) is 6.77. The number of H-pyrrole nitrogens is 1. The van der Waals surface area contributed by atoms with Gasteiger partial charge in [0.1, 0.15) is 0 Å². The molecule has 3 heterocycles. The van der Waals surface area contributed by atoms with E-state index in [1.54, 1.807) is 6.20 Å². The van der Waals surface area contributed by atoms with Crippen LogP contribution in [0, 0.1) is 0 Å². The molecule has 1 saturated heterocycles. The monoisotopic (exact) mass is 380 g/mol. The molecule has 2 aromatic heterocycles. The van der Waals surface area contributed by atoms with Crippen LogP contribution >= 0.6 is 0 Å². The van der Waals surface area contributed by atoms with Crippen LogP contribution in [0.15, 0.2) is 36.7 Å². The smallest absolute Gasteiger partial charge is 0.317 e. The van der Waals surface area contributed by atoms with Gasteiger partial charge >= 0.3 is 6.01 Å². The number of morpholine rings is 1. The second-order valence-corrected chi connectivity index (χ2v) is 7.31. The zero-order valence-corrected chi connectivity index (χ0v) is 16.5. The molecule has 28 heavy (non-hydrogen) atoms. The van der Waals surface area contributed by atoms with Gasteiger partial charge in [-0.05, 0) is 17.5 Å². The van der Waals surface area contributed by atoms with Gasteiger partial charge in [0.2, 0.25) is 0 Å². The van der Waals surface area contributed by atoms with Crippen LogP contribution < -0.4 is 4.74 Å². The second kappa shape index (κ2) is 9.17. The highest BCUT2D eigenvalue weighted by atomic mass is 16.5. The fourth-order valence-corrected chi connectivity index (χ4v) is 3.46. The predicted molar refractivity (Wildman–Crippen MR) is 110 cm³/mol. The maximum absolute atomic E-state index is 5.67. The standard InChI is InChI=1S/C22H28N4O2/c1-2-3-10-28-22-24-15-20-21(25-22)19(14-23-20)13-17-4-6-18(7-5-17)16-26-8-11-27-12-9-26/h4-7,14-15,23H,2-3,8-13,16H2,1H3. The van der Waals surface area contributed by atoms with Crippen molar-refractivity contribution in [1.29, 1.82) is 0 Å². The Hall–Kier alpha value is -2.44. The fraction of sp³-hybridized carbons (Fsp3) is 0.455. The number of aromatic nitrogens is 3. The molecule has 4 rings (SSSR count). The number of nitrogens with zero attached hydrogens (tertiary/aromatic N) is 3. The Morgan fingerprint density at radius 3 is 2.71 bits per heavy atom. The van der Waals surface area contributed by atoms with Crippen LogP contribution in [0.4, 0.5) is 0 Å². The number of benzene rings is 1. The number of fused-ring (bicyclic) bond motifs is 1. The van der Waals surface area contributed by atoms with E-state index in [-0.39, 0.29) is 0 Å². The summed E-state index contributed by atoms with van der Waals surface area (Å²) in [6.45, 7) is 7.49. The van der Waals surface area contributed by atoms with Crippen molar-refractivity contribution in [2.75, 3.05) is 32.9 Å². The minimum atomic E-state index is 0.461. The van der Waals surface area contributed by atoms with E-state index in [1.807, 2.05) is 6.20 Å². The number of ether oxygens (including phenoxy) is 2. The molecule has 0 spiro atoms. The molecule has 3 aromatic rings. The van der Waals surface area contributed by atoms with E-state index < -0.39 is 0 Å². The van der Waals surface area contributed by atoms with Crippen LogP contribution in [0.2, 0.25) is 0 Å². The van der Waals surface area contributed by atoms with Crippen LogP contribution in [0.3, 0.4) is 0 Å². The summed E-state index contributed by atoms with van der Waals surface area (Å²) in [5.74, 6) is 0. The van der Waals surface area contributed by atoms with Crippen LogP contribution in [0.5, 0.6) is 6.01 Å². The molecule has 1 aliphatic heterocycles. The Morgan fingerprint density at radius 1 is 1.14 bits per heavy atom. The van der Waals surface area contributed by atoms with Crippen LogP contribution in [-0.2, 0) is 17.7 Å². The Morgan fingerprint density at radius 2 is 1.93 bits per heavy atom. The minimum Gasteiger partial charge on any atom is -0.463 e. The summed E-state index contributed by atoms with van der Waals surface area (Å²) in [5, 5.41) is 0. The molecule has 0 aliphatic carbocycles. The van der Waals surface area contributed by atoms with E-state index in [0.717, 1.165) is 63.1 Å². The summed E-state index contributed by atoms with van der Waals surface area (Å²) < 4.78 is 11.1. The topological polar surface area (TPSA) is 63.3 Å². The van der Waals surface area contributed by atoms with Crippen molar-refractivity contribution in [3.63, 3.8) is 0 Å². The van der Waals surface area contributed by atoms with E-state index in [2.05, 4.69) is 51.0 Å². The SMILES string of the molecule is CCCCOc1ncc2[nH]cc(Cc3ccc(CN4CCOCC4)cc3)c2n1. The van der Waals surface area contributed by atoms with Crippen LogP contribution in [0.1, 0.15) is 36.5 Å². The summed E-state index contributed by atoms with van der Waals surface area (Å²) in [4.78, 5) is 14.6. The third kappa shape index (κ3) is 4.69. The van der Waals surface area contributed by atoms with Crippen molar-refractivity contribution < 1.29 is 9.47 Å². The van der Waals surface area contributed by atoms with Crippen molar-refractivity contribution in [2.24, 2.45) is 0 Å². The second-order valence-electron chi connectivity index (χ2n) is 7.31. The molecule has 0 unspecified atom stereocenters. The van der Waals surface area contributed by atoms with Gasteiger partial charge < -0.3 is 14.5 Å². The van der Waals surface area contributed by atoms with Gasteiger partial charge in [0.15, 0.2) is 0 Å². The molecule has 0 saturated carbocycles. The molecule has 0 atom stereocenters. The van der Waals surface area contributed by atoms with Gasteiger partial charge in [-0.3, -0.25) is 4.90 Å². The number of nitrogens with one attached hydrogen (secondary N) is 1. The van der Waals surface area contributed by atoms with Crippen LogP contribution in [-0.4, -0.2) is 52.8 Å². The lowest BCUT2D eigenvalue weighted by Crippen LogP contribution is -2.35. The Labute approximate surface area is 165 Å². The highest BCUT2D eigenvalue weighted by molar-refractivity contribution is 5.78. The summed E-state index contributed by atoms with van der Waals surface area (Å²) in [6, 6.07) is 9.35. The van der Waals surface area contributed by atoms with E-state index >= 15 is 0 Å². The molecule has 0 bridgehead atoms. The number of aromatic amines is 1. The van der Waals surface area contributed by atoms with Crippen molar-refractivity contribution in [2.45, 2.75) is 32.7 Å². The molecule has 1 aliphatic rings. The lowest BCUT2D eigenvalue weighted by Gasteiger charge is -2.26. The average molecular weight is 380 g/mol. The Balaban J connectivity index is 1.42. The molecule has 0 radical (unpaired) electrons. The van der Waals surface area contributed by atoms with Crippen molar-refractivity contribution in [1.82, 2.24) is 19.9 Å². The lowest BCUT2D eigenvalue weighted by molar-refractivity contribution is 0.0342. The Bertz CT molecular complexity index is 885. The van der Waals surface area contributed by atoms with E-state index in [1.165, 1.54) is 16.7 Å². The molecule has 0 amide bonds. The normalized spacial score (nSPS) is 15.2. The molecular formula is C22H28N4O2. The molecule has 1 aromatic carbocycles. The summed E-state index contributed by atoms with van der Waals surface area (Å²) >= 11 is 0. The predicted octanol–water partition coefficient (Wildman–Crippen LogP) is 3.56. The first-order valence-corrected chi connectivity index (χ1v) is 10.2. The number of rotatable bonds is 8. The third-order valence-electron chi connectivity index (χ3n) is 5.13. The number of hydrogen-bond acceptors (Lipinski definition) is 5. The highest BCUT2D eigenvalue weighted by Crippen LogP contribution is 2.21. The number of hydrogen-bond donors (Lipinski definition) is 1. The van der Waals surface area contributed by atoms with Gasteiger partial charge in [0.25, 0.3) is 0 Å². The molecule has 6 nitrogen and oxygen atoms in total. The fourth-order valence-electron chi connectivity index (χ4n) is 3.46. The Kier molecular flexibility index (Phi) is 6.19. The summed E-state index contributed by atoms with van der Waals surface area (Å²) in [7, 11) is 0. The maximum atomic E-state index is 5.67. The molecule has 6 heteroatoms. The van der Waals surface area contributed by atoms with Gasteiger partial charge in [-0.2, -0.15) is 4.98 Å². The quantitative estimate of drug-likeness (QED) is 0.606. The van der Waals surface area contributed by atoms with E-state index in [4.69, 9.17) is 9.47 Å². The van der Waals surface area contributed by atoms with Gasteiger partial charge in [-0.1, -0.05) is 37.6 Å². The zero-order chi connectivity index (χ0) is 19.2. The zero-order valence-electron chi connectivity index (χ0n) is 16.5. The number of unbranched alkanes of at least 4 members (excludes halogenated alkanes) is 1. The minimum absolute atomic E-state index is 0.461. The van der Waals surface area contributed by atoms with E-state index in [0.29, 0.717) is 12.6 Å². The first kappa shape index (κ1) is 18.9. The molecule has 148 valence electrons. The van der Waals surface area contributed by atoms with Gasteiger partial charge in [0, 0.05) is 37.8 Å². The van der Waals surface area contributed by atoms with Gasteiger partial charge in [-0.15, -0.1) is 0 Å². The average Bonchev–Trinajstić information content (AvgIpc) is 3.13. The highest BCUT2D eigenvalue weighted by Gasteiger charge is 2.12. The van der Waals surface area contributed by atoms with Crippen molar-refractivity contribution in [3.05, 3.63) is 53.3 Å². The molecular weight excluding hydrogens is 352 g/mol. The summed E-state index contributed by atoms with van der Waals surface area (Å²) in [5.41, 5.74) is 5.68. The van der Waals surface area contributed by atoms with E-state index in [9.17, 15) is 0 Å². The lowest BCUT2D eigenvalue weighted by atomic mass is 10.0. The van der Waals surface area contributed by atoms with Gasteiger partial charge in [-0.25, -0.2) is 4.98 Å².